The average Bonchev–Trinajstić information content (AvgIpc) is 2.57. The van der Waals surface area contributed by atoms with Gasteiger partial charge in [0.2, 0.25) is 5.91 Å². The third-order valence-corrected chi connectivity index (χ3v) is 3.54. The first-order valence-corrected chi connectivity index (χ1v) is 7.94. The Morgan fingerprint density at radius 3 is 2.33 bits per heavy atom. The van der Waals surface area contributed by atoms with Crippen molar-refractivity contribution in [3.8, 4) is 0 Å². The van der Waals surface area contributed by atoms with Gasteiger partial charge in [0.25, 0.3) is 5.91 Å². The van der Waals surface area contributed by atoms with Crippen molar-refractivity contribution in [2.24, 2.45) is 0 Å². The average molecular weight is 326 g/mol. The van der Waals surface area contributed by atoms with E-state index < -0.39 is 0 Å². The van der Waals surface area contributed by atoms with Gasteiger partial charge in [0, 0.05) is 30.3 Å². The van der Waals surface area contributed by atoms with Gasteiger partial charge in [-0.1, -0.05) is 30.3 Å². The van der Waals surface area contributed by atoms with E-state index in [0.717, 1.165) is 5.56 Å². The Morgan fingerprint density at radius 2 is 1.71 bits per heavy atom. The van der Waals surface area contributed by atoms with Gasteiger partial charge in [-0.3, -0.25) is 9.59 Å². The second kappa shape index (κ2) is 8.84. The summed E-state index contributed by atoms with van der Waals surface area (Å²) in [6, 6.07) is 16.0. The third kappa shape index (κ3) is 5.52. The van der Waals surface area contributed by atoms with Crippen molar-refractivity contribution in [1.82, 2.24) is 5.32 Å². The van der Waals surface area contributed by atoms with Gasteiger partial charge in [-0.15, -0.1) is 0 Å². The number of benzene rings is 2. The van der Waals surface area contributed by atoms with Gasteiger partial charge < -0.3 is 15.7 Å². The molecule has 2 rings (SSSR count). The van der Waals surface area contributed by atoms with Gasteiger partial charge >= 0.3 is 0 Å². The third-order valence-electron chi connectivity index (χ3n) is 3.54. The molecule has 2 amide bonds. The Balaban J connectivity index is 1.82. The quantitative estimate of drug-likeness (QED) is 0.731. The number of hydrogen-bond donors (Lipinski definition) is 3. The Labute approximate surface area is 141 Å². The van der Waals surface area contributed by atoms with E-state index in [0.29, 0.717) is 17.7 Å². The first kappa shape index (κ1) is 17.7. The van der Waals surface area contributed by atoms with E-state index in [9.17, 15) is 9.59 Å². The minimum absolute atomic E-state index is 0.102. The zero-order valence-electron chi connectivity index (χ0n) is 13.7. The number of nitrogens with one attached hydrogen (secondary N) is 2. The van der Waals surface area contributed by atoms with Crippen LogP contribution in [0.1, 0.15) is 29.3 Å². The Hall–Kier alpha value is -2.66. The molecule has 1 atom stereocenters. The zero-order chi connectivity index (χ0) is 17.4. The Morgan fingerprint density at radius 1 is 1.04 bits per heavy atom. The van der Waals surface area contributed by atoms with Crippen LogP contribution >= 0.6 is 0 Å². The van der Waals surface area contributed by atoms with E-state index in [-0.39, 0.29) is 30.9 Å². The maximum Gasteiger partial charge on any atom is 0.251 e. The van der Waals surface area contributed by atoms with Crippen LogP contribution in [-0.4, -0.2) is 29.6 Å². The molecule has 0 saturated heterocycles. The summed E-state index contributed by atoms with van der Waals surface area (Å²) in [6.45, 7) is 1.90. The molecular weight excluding hydrogens is 304 g/mol. The monoisotopic (exact) mass is 326 g/mol. The fraction of sp³-hybridized carbons (Fsp3) is 0.263. The minimum Gasteiger partial charge on any atom is -0.396 e. The van der Waals surface area contributed by atoms with E-state index in [1.165, 1.54) is 0 Å². The lowest BCUT2D eigenvalue weighted by molar-refractivity contribution is -0.116. The summed E-state index contributed by atoms with van der Waals surface area (Å²) >= 11 is 0. The normalized spacial score (nSPS) is 11.6. The van der Waals surface area contributed by atoms with E-state index in [1.807, 2.05) is 18.2 Å². The lowest BCUT2D eigenvalue weighted by atomic mass is 10.1. The molecule has 0 radical (unpaired) electrons. The number of aliphatic hydroxyl groups excluding tert-OH is 1. The van der Waals surface area contributed by atoms with E-state index in [4.69, 9.17) is 5.11 Å². The van der Waals surface area contributed by atoms with Gasteiger partial charge in [0.1, 0.15) is 0 Å². The summed E-state index contributed by atoms with van der Waals surface area (Å²) in [5.41, 5.74) is 2.28. The molecule has 126 valence electrons. The Kier molecular flexibility index (Phi) is 6.51. The summed E-state index contributed by atoms with van der Waals surface area (Å²) in [4.78, 5) is 24.1. The fourth-order valence-electron chi connectivity index (χ4n) is 2.32. The van der Waals surface area contributed by atoms with E-state index in [2.05, 4.69) is 10.6 Å². The van der Waals surface area contributed by atoms with Crippen molar-refractivity contribution in [2.75, 3.05) is 11.9 Å². The molecule has 2 aromatic carbocycles. The van der Waals surface area contributed by atoms with Gasteiger partial charge in [-0.25, -0.2) is 0 Å². The molecule has 0 aliphatic carbocycles. The van der Waals surface area contributed by atoms with Crippen molar-refractivity contribution in [3.05, 3.63) is 65.7 Å². The second-order valence-corrected chi connectivity index (χ2v) is 5.66. The first-order valence-electron chi connectivity index (χ1n) is 7.94. The molecule has 0 aliphatic heterocycles. The van der Waals surface area contributed by atoms with Crippen molar-refractivity contribution in [1.29, 1.82) is 0 Å². The number of hydrogen-bond acceptors (Lipinski definition) is 3. The molecule has 1 unspecified atom stereocenters. The first-order chi connectivity index (χ1) is 11.6. The summed E-state index contributed by atoms with van der Waals surface area (Å²) < 4.78 is 0. The van der Waals surface area contributed by atoms with Crippen LogP contribution < -0.4 is 10.6 Å². The summed E-state index contributed by atoms with van der Waals surface area (Å²) in [7, 11) is 0. The number of aliphatic hydroxyl groups is 1. The van der Waals surface area contributed by atoms with Crippen molar-refractivity contribution in [3.63, 3.8) is 0 Å². The summed E-state index contributed by atoms with van der Waals surface area (Å²) in [5, 5.41) is 14.5. The molecule has 0 spiro atoms. The molecule has 5 heteroatoms. The smallest absolute Gasteiger partial charge is 0.251 e. The molecule has 0 heterocycles. The highest BCUT2D eigenvalue weighted by Crippen LogP contribution is 2.11. The van der Waals surface area contributed by atoms with Gasteiger partial charge in [-0.2, -0.15) is 0 Å². The van der Waals surface area contributed by atoms with Crippen molar-refractivity contribution >= 4 is 17.5 Å². The number of rotatable bonds is 7. The predicted molar refractivity (Wildman–Crippen MR) is 93.8 cm³/mol. The zero-order valence-corrected chi connectivity index (χ0v) is 13.7. The molecule has 2 aromatic rings. The standard InChI is InChI=1S/C19H22N2O3/c1-14(20-19(24)16-5-3-2-4-6-16)13-18(23)21-17-9-7-15(8-10-17)11-12-22/h2-10,14,22H,11-13H2,1H3,(H,20,24)(H,21,23). The lowest BCUT2D eigenvalue weighted by Crippen LogP contribution is -2.35. The minimum atomic E-state index is -0.272. The SMILES string of the molecule is CC(CC(=O)Nc1ccc(CCO)cc1)NC(=O)c1ccccc1. The summed E-state index contributed by atoms with van der Waals surface area (Å²) in [5.74, 6) is -0.352. The second-order valence-electron chi connectivity index (χ2n) is 5.66. The topological polar surface area (TPSA) is 78.4 Å². The van der Waals surface area contributed by atoms with Crippen molar-refractivity contribution in [2.45, 2.75) is 25.8 Å². The number of amides is 2. The largest absolute Gasteiger partial charge is 0.396 e. The molecule has 0 saturated carbocycles. The van der Waals surface area contributed by atoms with E-state index >= 15 is 0 Å². The fourth-order valence-corrected chi connectivity index (χ4v) is 2.32. The van der Waals surface area contributed by atoms with Crippen LogP contribution in [0.2, 0.25) is 0 Å². The highest BCUT2D eigenvalue weighted by atomic mass is 16.3. The molecular formula is C19H22N2O3. The van der Waals surface area contributed by atoms with Crippen LogP contribution in [0.5, 0.6) is 0 Å². The van der Waals surface area contributed by atoms with Crippen molar-refractivity contribution < 1.29 is 14.7 Å². The molecule has 0 bridgehead atoms. The Bertz CT molecular complexity index is 669. The van der Waals surface area contributed by atoms with Crippen LogP contribution in [-0.2, 0) is 11.2 Å². The van der Waals surface area contributed by atoms with Gasteiger partial charge in [0.15, 0.2) is 0 Å². The number of carbonyl (C=O) groups excluding carboxylic acids is 2. The van der Waals surface area contributed by atoms with Crippen LogP contribution in [0.25, 0.3) is 0 Å². The highest BCUT2D eigenvalue weighted by Gasteiger charge is 2.13. The maximum absolute atomic E-state index is 12.0. The van der Waals surface area contributed by atoms with Crippen LogP contribution in [0.4, 0.5) is 5.69 Å². The van der Waals surface area contributed by atoms with Crippen LogP contribution in [0.15, 0.2) is 54.6 Å². The summed E-state index contributed by atoms with van der Waals surface area (Å²) in [6.07, 6.45) is 0.785. The lowest BCUT2D eigenvalue weighted by Gasteiger charge is -2.14. The van der Waals surface area contributed by atoms with Gasteiger partial charge in [-0.05, 0) is 43.2 Å². The molecule has 24 heavy (non-hydrogen) atoms. The molecule has 3 N–H and O–H groups in total. The molecule has 0 aliphatic rings. The maximum atomic E-state index is 12.0. The highest BCUT2D eigenvalue weighted by molar-refractivity contribution is 5.95. The van der Waals surface area contributed by atoms with E-state index in [1.54, 1.807) is 43.3 Å². The van der Waals surface area contributed by atoms with Gasteiger partial charge in [0.05, 0.1) is 0 Å². The molecule has 0 fully saturated rings. The molecule has 5 nitrogen and oxygen atoms in total. The number of anilines is 1. The van der Waals surface area contributed by atoms with Crippen LogP contribution in [0.3, 0.4) is 0 Å². The molecule has 0 aromatic heterocycles. The predicted octanol–water partition coefficient (Wildman–Crippen LogP) is 2.37. The number of carbonyl (C=O) groups is 2. The van der Waals surface area contributed by atoms with Crippen LogP contribution in [0, 0.1) is 0 Å².